The van der Waals surface area contributed by atoms with Crippen LogP contribution in [0.15, 0.2) is 18.2 Å². The van der Waals surface area contributed by atoms with Crippen LogP contribution in [0.2, 0.25) is 0 Å². The van der Waals surface area contributed by atoms with Gasteiger partial charge in [0.1, 0.15) is 0 Å². The molecule has 0 aliphatic heterocycles. The lowest BCUT2D eigenvalue weighted by atomic mass is 10.1. The highest BCUT2D eigenvalue weighted by Gasteiger charge is 2.13. The van der Waals surface area contributed by atoms with E-state index in [0.717, 1.165) is 5.56 Å². The summed E-state index contributed by atoms with van der Waals surface area (Å²) >= 11 is 0. The summed E-state index contributed by atoms with van der Waals surface area (Å²) in [5, 5.41) is 2.71. The third-order valence-corrected chi connectivity index (χ3v) is 2.38. The average molecular weight is 235 g/mol. The van der Waals surface area contributed by atoms with Crippen molar-refractivity contribution in [1.29, 1.82) is 0 Å². The van der Waals surface area contributed by atoms with Crippen molar-refractivity contribution in [3.05, 3.63) is 29.3 Å². The molecule has 0 aliphatic rings. The SMILES string of the molecule is Cc1cc(N)ccc1C(=O)NC(C)CC(N)=O. The molecule has 0 fully saturated rings. The van der Waals surface area contributed by atoms with Gasteiger partial charge in [-0.1, -0.05) is 0 Å². The van der Waals surface area contributed by atoms with Crippen molar-refractivity contribution in [2.45, 2.75) is 26.3 Å². The molecule has 0 aliphatic carbocycles. The van der Waals surface area contributed by atoms with Gasteiger partial charge in [-0.2, -0.15) is 0 Å². The number of aryl methyl sites for hydroxylation is 1. The van der Waals surface area contributed by atoms with Crippen LogP contribution in [0.4, 0.5) is 5.69 Å². The summed E-state index contributed by atoms with van der Waals surface area (Å²) < 4.78 is 0. The molecule has 0 radical (unpaired) electrons. The average Bonchev–Trinajstić information content (AvgIpc) is 2.15. The van der Waals surface area contributed by atoms with Crippen molar-refractivity contribution >= 4 is 17.5 Å². The number of rotatable bonds is 4. The van der Waals surface area contributed by atoms with Crippen molar-refractivity contribution in [2.75, 3.05) is 5.73 Å². The molecule has 0 saturated heterocycles. The molecule has 0 heterocycles. The second-order valence-electron chi connectivity index (χ2n) is 4.12. The molecule has 1 atom stereocenters. The number of nitrogens with one attached hydrogen (secondary N) is 1. The van der Waals surface area contributed by atoms with Crippen LogP contribution in [-0.2, 0) is 4.79 Å². The van der Waals surface area contributed by atoms with Gasteiger partial charge in [-0.25, -0.2) is 0 Å². The molecule has 0 bridgehead atoms. The summed E-state index contributed by atoms with van der Waals surface area (Å²) in [5.74, 6) is -0.664. The smallest absolute Gasteiger partial charge is 0.251 e. The number of benzene rings is 1. The second-order valence-corrected chi connectivity index (χ2v) is 4.12. The molecule has 5 N–H and O–H groups in total. The van der Waals surface area contributed by atoms with Crippen molar-refractivity contribution in [2.24, 2.45) is 5.73 Å². The maximum atomic E-state index is 11.9. The molecule has 1 rings (SSSR count). The highest BCUT2D eigenvalue weighted by molar-refractivity contribution is 5.96. The van der Waals surface area contributed by atoms with Gasteiger partial charge in [-0.15, -0.1) is 0 Å². The summed E-state index contributed by atoms with van der Waals surface area (Å²) in [6.45, 7) is 3.54. The number of nitrogens with two attached hydrogens (primary N) is 2. The van der Waals surface area contributed by atoms with E-state index in [0.29, 0.717) is 11.3 Å². The van der Waals surface area contributed by atoms with Gasteiger partial charge in [0, 0.05) is 23.7 Å². The number of hydrogen-bond acceptors (Lipinski definition) is 3. The molecule has 1 aromatic carbocycles. The highest BCUT2D eigenvalue weighted by Crippen LogP contribution is 2.12. The van der Waals surface area contributed by atoms with E-state index in [2.05, 4.69) is 5.32 Å². The molecule has 1 unspecified atom stereocenters. The molecule has 5 heteroatoms. The zero-order chi connectivity index (χ0) is 13.0. The summed E-state index contributed by atoms with van der Waals surface area (Å²) in [4.78, 5) is 22.6. The van der Waals surface area contributed by atoms with E-state index < -0.39 is 5.91 Å². The van der Waals surface area contributed by atoms with Crippen LogP contribution in [0.5, 0.6) is 0 Å². The molecule has 2 amide bonds. The molecule has 1 aromatic rings. The maximum absolute atomic E-state index is 11.9. The molecular formula is C12H17N3O2. The van der Waals surface area contributed by atoms with Gasteiger partial charge in [0.25, 0.3) is 5.91 Å². The minimum absolute atomic E-state index is 0.125. The van der Waals surface area contributed by atoms with Crippen LogP contribution < -0.4 is 16.8 Å². The van der Waals surface area contributed by atoms with Crippen LogP contribution in [0.1, 0.15) is 29.3 Å². The van der Waals surface area contributed by atoms with Crippen LogP contribution >= 0.6 is 0 Å². The zero-order valence-corrected chi connectivity index (χ0v) is 9.99. The summed E-state index contributed by atoms with van der Waals surface area (Å²) in [7, 11) is 0. The van der Waals surface area contributed by atoms with Crippen molar-refractivity contribution in [3.8, 4) is 0 Å². The Morgan fingerprint density at radius 2 is 2.06 bits per heavy atom. The first-order valence-electron chi connectivity index (χ1n) is 5.35. The predicted octanol–water partition coefficient (Wildman–Crippen LogP) is 0.571. The van der Waals surface area contributed by atoms with E-state index in [-0.39, 0.29) is 18.4 Å². The van der Waals surface area contributed by atoms with E-state index in [9.17, 15) is 9.59 Å². The normalized spacial score (nSPS) is 11.9. The first kappa shape index (κ1) is 13.0. The first-order chi connectivity index (χ1) is 7.90. The third-order valence-electron chi connectivity index (χ3n) is 2.38. The van der Waals surface area contributed by atoms with E-state index in [1.54, 1.807) is 25.1 Å². The number of carbonyl (C=O) groups excluding carboxylic acids is 2. The third kappa shape index (κ3) is 3.79. The van der Waals surface area contributed by atoms with Crippen LogP contribution in [0, 0.1) is 6.92 Å². The van der Waals surface area contributed by atoms with Crippen molar-refractivity contribution < 1.29 is 9.59 Å². The van der Waals surface area contributed by atoms with Gasteiger partial charge in [-0.3, -0.25) is 9.59 Å². The quantitative estimate of drug-likeness (QED) is 0.665. The maximum Gasteiger partial charge on any atom is 0.251 e. The molecule has 0 aromatic heterocycles. The first-order valence-corrected chi connectivity index (χ1v) is 5.35. The van der Waals surface area contributed by atoms with Crippen LogP contribution in [-0.4, -0.2) is 17.9 Å². The lowest BCUT2D eigenvalue weighted by Gasteiger charge is -2.13. The Hall–Kier alpha value is -2.04. The topological polar surface area (TPSA) is 98.2 Å². The Bertz CT molecular complexity index is 443. The fraction of sp³-hybridized carbons (Fsp3) is 0.333. The number of nitrogen functional groups attached to an aromatic ring is 1. The van der Waals surface area contributed by atoms with Crippen LogP contribution in [0.25, 0.3) is 0 Å². The molecule has 92 valence electrons. The van der Waals surface area contributed by atoms with Gasteiger partial charge >= 0.3 is 0 Å². The van der Waals surface area contributed by atoms with Gasteiger partial charge in [0.15, 0.2) is 0 Å². The largest absolute Gasteiger partial charge is 0.399 e. The van der Waals surface area contributed by atoms with Gasteiger partial charge in [0.2, 0.25) is 5.91 Å². The van der Waals surface area contributed by atoms with E-state index in [1.807, 2.05) is 6.92 Å². The molecule has 0 saturated carbocycles. The standard InChI is InChI=1S/C12H17N3O2/c1-7-5-9(13)3-4-10(7)12(17)15-8(2)6-11(14)16/h3-5,8H,6,13H2,1-2H3,(H2,14,16)(H,15,17). The number of carbonyl (C=O) groups is 2. The Kier molecular flexibility index (Phi) is 4.09. The summed E-state index contributed by atoms with van der Waals surface area (Å²) in [5.41, 5.74) is 12.6. The van der Waals surface area contributed by atoms with Gasteiger partial charge in [0.05, 0.1) is 0 Å². The van der Waals surface area contributed by atoms with E-state index >= 15 is 0 Å². The number of anilines is 1. The Labute approximate surface area is 100 Å². The number of hydrogen-bond donors (Lipinski definition) is 3. The number of amides is 2. The lowest BCUT2D eigenvalue weighted by molar-refractivity contribution is -0.118. The fourth-order valence-corrected chi connectivity index (χ4v) is 1.60. The zero-order valence-electron chi connectivity index (χ0n) is 9.99. The second kappa shape index (κ2) is 5.34. The highest BCUT2D eigenvalue weighted by atomic mass is 16.2. The van der Waals surface area contributed by atoms with E-state index in [4.69, 9.17) is 11.5 Å². The minimum atomic E-state index is -0.438. The monoisotopic (exact) mass is 235 g/mol. The summed E-state index contributed by atoms with van der Waals surface area (Å²) in [6, 6.07) is 4.78. The molecular weight excluding hydrogens is 218 g/mol. The minimum Gasteiger partial charge on any atom is -0.399 e. The molecule has 5 nitrogen and oxygen atoms in total. The van der Waals surface area contributed by atoms with Gasteiger partial charge in [-0.05, 0) is 37.6 Å². The predicted molar refractivity (Wildman–Crippen MR) is 66.3 cm³/mol. The Morgan fingerprint density at radius 1 is 1.41 bits per heavy atom. The van der Waals surface area contributed by atoms with Crippen LogP contribution in [0.3, 0.4) is 0 Å². The van der Waals surface area contributed by atoms with Crippen molar-refractivity contribution in [3.63, 3.8) is 0 Å². The fourth-order valence-electron chi connectivity index (χ4n) is 1.60. The molecule has 0 spiro atoms. The Morgan fingerprint density at radius 3 is 2.59 bits per heavy atom. The van der Waals surface area contributed by atoms with Crippen molar-refractivity contribution in [1.82, 2.24) is 5.32 Å². The van der Waals surface area contributed by atoms with E-state index in [1.165, 1.54) is 0 Å². The Balaban J connectivity index is 2.73. The lowest BCUT2D eigenvalue weighted by Crippen LogP contribution is -2.36. The number of primary amides is 1. The molecule has 17 heavy (non-hydrogen) atoms. The summed E-state index contributed by atoms with van der Waals surface area (Å²) in [6.07, 6.45) is 0.125. The van der Waals surface area contributed by atoms with Gasteiger partial charge < -0.3 is 16.8 Å².